The van der Waals surface area contributed by atoms with Gasteiger partial charge in [-0.1, -0.05) is 36.4 Å². The molecule has 1 fully saturated rings. The smallest absolute Gasteiger partial charge is 0.318 e. The van der Waals surface area contributed by atoms with Crippen molar-refractivity contribution in [3.8, 4) is 17.3 Å². The first kappa shape index (κ1) is 20.9. The van der Waals surface area contributed by atoms with Crippen molar-refractivity contribution in [1.29, 1.82) is 5.26 Å². The summed E-state index contributed by atoms with van der Waals surface area (Å²) in [5.41, 5.74) is 4.58. The number of urea groups is 1. The zero-order chi connectivity index (χ0) is 21.8. The van der Waals surface area contributed by atoms with Gasteiger partial charge >= 0.3 is 6.03 Å². The first-order valence-electron chi connectivity index (χ1n) is 10.6. The number of nitrogens with one attached hydrogen (secondary N) is 1. The van der Waals surface area contributed by atoms with E-state index < -0.39 is 0 Å². The Hall–Kier alpha value is -3.37. The third-order valence-electron chi connectivity index (χ3n) is 5.88. The van der Waals surface area contributed by atoms with Gasteiger partial charge in [0.1, 0.15) is 11.9 Å². The van der Waals surface area contributed by atoms with E-state index in [1.807, 2.05) is 42.2 Å². The van der Waals surface area contributed by atoms with Crippen LogP contribution < -0.4 is 10.2 Å². The van der Waals surface area contributed by atoms with Gasteiger partial charge in [0.05, 0.1) is 24.5 Å². The molecule has 2 aromatic rings. The molecular formula is C24H27N5O2. The summed E-state index contributed by atoms with van der Waals surface area (Å²) in [6.07, 6.45) is 2.37. The Labute approximate surface area is 182 Å². The van der Waals surface area contributed by atoms with Crippen molar-refractivity contribution < 1.29 is 9.53 Å². The number of aromatic nitrogens is 1. The van der Waals surface area contributed by atoms with Gasteiger partial charge in [-0.25, -0.2) is 9.78 Å². The standard InChI is InChI=1S/C24H27N5O2/c1-3-10-26-24(30)29-12-11-28(15-17(29)2)23-20(14-25)19-9-13-31-16-21(19)22(27-23)18-7-5-4-6-8-18/h3-8,17H,1,9-13,15-16H2,2H3,(H,26,30). The fourth-order valence-electron chi connectivity index (χ4n) is 4.33. The molecule has 1 unspecified atom stereocenters. The van der Waals surface area contributed by atoms with Crippen molar-refractivity contribution in [3.05, 3.63) is 59.7 Å². The SMILES string of the molecule is C=CCNC(=O)N1CCN(c2nc(-c3ccccc3)c3c(c2C#N)CCOC3)CC1C. The van der Waals surface area contributed by atoms with Gasteiger partial charge in [0, 0.05) is 43.3 Å². The molecule has 1 N–H and O–H groups in total. The largest absolute Gasteiger partial charge is 0.376 e. The maximum Gasteiger partial charge on any atom is 0.318 e. The third kappa shape index (κ3) is 4.12. The number of hydrogen-bond donors (Lipinski definition) is 1. The average molecular weight is 418 g/mol. The van der Waals surface area contributed by atoms with E-state index in [2.05, 4.69) is 22.9 Å². The van der Waals surface area contributed by atoms with Crippen molar-refractivity contribution in [2.75, 3.05) is 37.7 Å². The highest BCUT2D eigenvalue weighted by Crippen LogP contribution is 2.35. The molecule has 4 rings (SSSR count). The van der Waals surface area contributed by atoms with E-state index in [1.54, 1.807) is 6.08 Å². The first-order chi connectivity index (χ1) is 15.1. The topological polar surface area (TPSA) is 81.5 Å². The number of piperazine rings is 1. The number of pyridine rings is 1. The molecular weight excluding hydrogens is 390 g/mol. The monoisotopic (exact) mass is 417 g/mol. The molecule has 2 aliphatic rings. The number of fused-ring (bicyclic) bond motifs is 1. The van der Waals surface area contributed by atoms with Crippen molar-refractivity contribution in [2.45, 2.75) is 26.0 Å². The average Bonchev–Trinajstić information content (AvgIpc) is 2.81. The number of anilines is 1. The lowest BCUT2D eigenvalue weighted by Gasteiger charge is -2.41. The Morgan fingerprint density at radius 3 is 2.87 bits per heavy atom. The second-order valence-electron chi connectivity index (χ2n) is 7.86. The molecule has 2 aliphatic heterocycles. The third-order valence-corrected chi connectivity index (χ3v) is 5.88. The van der Waals surface area contributed by atoms with E-state index in [-0.39, 0.29) is 12.1 Å². The fraction of sp³-hybridized carbons (Fsp3) is 0.375. The zero-order valence-corrected chi connectivity index (χ0v) is 17.8. The van der Waals surface area contributed by atoms with Crippen LogP contribution in [0.1, 0.15) is 23.6 Å². The van der Waals surface area contributed by atoms with Crippen LogP contribution in [0.5, 0.6) is 0 Å². The van der Waals surface area contributed by atoms with Crippen LogP contribution in [0.2, 0.25) is 0 Å². The second kappa shape index (κ2) is 9.19. The summed E-state index contributed by atoms with van der Waals surface area (Å²) in [4.78, 5) is 21.4. The summed E-state index contributed by atoms with van der Waals surface area (Å²) in [7, 11) is 0. The molecule has 7 heteroatoms. The van der Waals surface area contributed by atoms with Crippen LogP contribution in [-0.2, 0) is 17.8 Å². The molecule has 1 saturated heterocycles. The van der Waals surface area contributed by atoms with Crippen LogP contribution >= 0.6 is 0 Å². The lowest BCUT2D eigenvalue weighted by Crippen LogP contribution is -2.57. The molecule has 1 atom stereocenters. The Balaban J connectivity index is 1.70. The maximum atomic E-state index is 12.4. The number of amides is 2. The summed E-state index contributed by atoms with van der Waals surface area (Å²) in [6.45, 7) is 8.99. The van der Waals surface area contributed by atoms with Gasteiger partial charge in [-0.2, -0.15) is 5.26 Å². The van der Waals surface area contributed by atoms with Crippen molar-refractivity contribution in [3.63, 3.8) is 0 Å². The van der Waals surface area contributed by atoms with Gasteiger partial charge in [-0.3, -0.25) is 0 Å². The molecule has 160 valence electrons. The summed E-state index contributed by atoms with van der Waals surface area (Å²) >= 11 is 0. The molecule has 0 radical (unpaired) electrons. The molecule has 0 aliphatic carbocycles. The Morgan fingerprint density at radius 2 is 2.16 bits per heavy atom. The van der Waals surface area contributed by atoms with Crippen LogP contribution in [-0.4, -0.2) is 54.7 Å². The Bertz CT molecular complexity index is 1010. The lowest BCUT2D eigenvalue weighted by molar-refractivity contribution is 0.111. The van der Waals surface area contributed by atoms with Crippen molar-refractivity contribution in [1.82, 2.24) is 15.2 Å². The molecule has 2 amide bonds. The lowest BCUT2D eigenvalue weighted by atomic mass is 9.93. The van der Waals surface area contributed by atoms with E-state index in [9.17, 15) is 10.1 Å². The van der Waals surface area contributed by atoms with Crippen LogP contribution in [0.25, 0.3) is 11.3 Å². The maximum absolute atomic E-state index is 12.4. The molecule has 1 aromatic carbocycles. The zero-order valence-electron chi connectivity index (χ0n) is 17.8. The van der Waals surface area contributed by atoms with Crippen LogP contribution in [0, 0.1) is 11.3 Å². The molecule has 31 heavy (non-hydrogen) atoms. The minimum Gasteiger partial charge on any atom is -0.376 e. The highest BCUT2D eigenvalue weighted by Gasteiger charge is 2.31. The number of carbonyl (C=O) groups excluding carboxylic acids is 1. The van der Waals surface area contributed by atoms with Gasteiger partial charge < -0.3 is 19.9 Å². The number of ether oxygens (including phenoxy) is 1. The van der Waals surface area contributed by atoms with E-state index in [0.717, 1.165) is 22.4 Å². The van der Waals surface area contributed by atoms with E-state index in [1.165, 1.54) is 0 Å². The van der Waals surface area contributed by atoms with Gasteiger partial charge in [0.2, 0.25) is 0 Å². The summed E-state index contributed by atoms with van der Waals surface area (Å²) in [5, 5.41) is 12.9. The molecule has 1 aromatic heterocycles. The van der Waals surface area contributed by atoms with Gasteiger partial charge in [0.25, 0.3) is 0 Å². The highest BCUT2D eigenvalue weighted by atomic mass is 16.5. The highest BCUT2D eigenvalue weighted by molar-refractivity contribution is 5.76. The number of hydrogen-bond acceptors (Lipinski definition) is 5. The second-order valence-corrected chi connectivity index (χ2v) is 7.86. The molecule has 7 nitrogen and oxygen atoms in total. The number of carbonyl (C=O) groups is 1. The van der Waals surface area contributed by atoms with Crippen LogP contribution in [0.3, 0.4) is 0 Å². The minimum atomic E-state index is -0.0897. The first-order valence-corrected chi connectivity index (χ1v) is 10.6. The molecule has 0 spiro atoms. The van der Waals surface area contributed by atoms with Crippen molar-refractivity contribution >= 4 is 11.8 Å². The molecule has 0 saturated carbocycles. The summed E-state index contributed by atoms with van der Waals surface area (Å²) in [5.74, 6) is 0.708. The number of nitrogens with zero attached hydrogens (tertiary/aromatic N) is 4. The molecule has 0 bridgehead atoms. The quantitative estimate of drug-likeness (QED) is 0.773. The summed E-state index contributed by atoms with van der Waals surface area (Å²) < 4.78 is 5.71. The minimum absolute atomic E-state index is 0.00792. The summed E-state index contributed by atoms with van der Waals surface area (Å²) in [6, 6.07) is 12.4. The van der Waals surface area contributed by atoms with E-state index >= 15 is 0 Å². The van der Waals surface area contributed by atoms with E-state index in [4.69, 9.17) is 9.72 Å². The van der Waals surface area contributed by atoms with Crippen LogP contribution in [0.4, 0.5) is 10.6 Å². The number of nitriles is 1. The Kier molecular flexibility index (Phi) is 6.19. The molecule has 3 heterocycles. The number of rotatable bonds is 4. The Morgan fingerprint density at radius 1 is 1.35 bits per heavy atom. The van der Waals surface area contributed by atoms with Crippen LogP contribution in [0.15, 0.2) is 43.0 Å². The van der Waals surface area contributed by atoms with Gasteiger partial charge in [0.15, 0.2) is 0 Å². The van der Waals surface area contributed by atoms with E-state index in [0.29, 0.717) is 57.2 Å². The van der Waals surface area contributed by atoms with Gasteiger partial charge in [-0.15, -0.1) is 6.58 Å². The number of benzene rings is 1. The van der Waals surface area contributed by atoms with Crippen molar-refractivity contribution in [2.24, 2.45) is 0 Å². The normalized spacial score (nSPS) is 18.1. The predicted molar refractivity (Wildman–Crippen MR) is 120 cm³/mol. The predicted octanol–water partition coefficient (Wildman–Crippen LogP) is 3.10. The fourth-order valence-corrected chi connectivity index (χ4v) is 4.33. The van der Waals surface area contributed by atoms with Gasteiger partial charge in [-0.05, 0) is 18.9 Å².